The van der Waals surface area contributed by atoms with E-state index in [0.717, 1.165) is 112 Å². The summed E-state index contributed by atoms with van der Waals surface area (Å²) in [6.45, 7) is 9.19. The van der Waals surface area contributed by atoms with Crippen LogP contribution in [0, 0.1) is 38.7 Å². The molecule has 4 aromatic carbocycles. The third-order valence-corrected chi connectivity index (χ3v) is 16.8. The molecule has 3 unspecified atom stereocenters. The van der Waals surface area contributed by atoms with E-state index in [0.29, 0.717) is 18.2 Å². The van der Waals surface area contributed by atoms with Crippen molar-refractivity contribution in [3.8, 4) is 11.5 Å². The van der Waals surface area contributed by atoms with E-state index in [9.17, 15) is 28.4 Å². The Morgan fingerprint density at radius 1 is 0.955 bits per heavy atom. The number of H-pyrrole nitrogens is 1. The molecule has 5 aliphatic carbocycles. The number of anilines is 2. The molecule has 2 heterocycles. The number of nitro groups is 1. The molecule has 4 N–H and O–H groups in total. The summed E-state index contributed by atoms with van der Waals surface area (Å²) >= 11 is 6.26. The van der Waals surface area contributed by atoms with Crippen molar-refractivity contribution in [2.45, 2.75) is 76.2 Å². The summed E-state index contributed by atoms with van der Waals surface area (Å²) in [5.41, 5.74) is 5.83. The number of nitro benzene ring substituents is 1. The molecule has 346 valence electrons. The number of ether oxygens (including phenoxy) is 1. The average Bonchev–Trinajstić information content (AvgIpc) is 3.76. The number of carbonyl (C=O) groups is 1. The molecule has 11 rings (SSSR count). The predicted octanol–water partition coefficient (Wildman–Crippen LogP) is 10.0. The molecule has 4 saturated carbocycles. The highest BCUT2D eigenvalue weighted by Crippen LogP contribution is 2.60. The number of rotatable bonds is 13. The van der Waals surface area contributed by atoms with Crippen molar-refractivity contribution in [1.29, 1.82) is 0 Å². The average molecular weight is 934 g/mol. The fourth-order valence-corrected chi connectivity index (χ4v) is 13.1. The number of aromatic nitrogens is 1. The molecular weight excluding hydrogens is 876 g/mol. The van der Waals surface area contributed by atoms with Crippen LogP contribution in [-0.4, -0.2) is 79.6 Å². The number of allylic oxidation sites excluding steroid dienone is 1. The van der Waals surface area contributed by atoms with Gasteiger partial charge in [0.1, 0.15) is 17.2 Å². The third-order valence-electron chi connectivity index (χ3n) is 15.2. The van der Waals surface area contributed by atoms with E-state index in [1.54, 1.807) is 24.3 Å². The van der Waals surface area contributed by atoms with Gasteiger partial charge in [-0.15, -0.1) is 0 Å². The Labute approximate surface area is 390 Å². The van der Waals surface area contributed by atoms with Crippen LogP contribution in [0.15, 0.2) is 102 Å². The van der Waals surface area contributed by atoms with Gasteiger partial charge in [-0.05, 0) is 152 Å². The highest BCUT2D eigenvalue weighted by Gasteiger charge is 2.55. The maximum Gasteiger partial charge on any atom is 0.293 e. The molecule has 5 aromatic rings. The van der Waals surface area contributed by atoms with Gasteiger partial charge in [0.05, 0.1) is 21.5 Å². The summed E-state index contributed by atoms with van der Waals surface area (Å²) in [5.74, 6) is 0.760. The molecule has 5 atom stereocenters. The number of nitrogens with one attached hydrogen (secondary N) is 3. The number of hydrogen-bond acceptors (Lipinski definition) is 10. The summed E-state index contributed by atoms with van der Waals surface area (Å²) in [4.78, 5) is 33.3. The molecule has 1 amide bonds. The summed E-state index contributed by atoms with van der Waals surface area (Å²) < 4.78 is 36.3. The number of fused-ring (bicyclic) bond motifs is 1. The van der Waals surface area contributed by atoms with Crippen LogP contribution in [-0.2, 0) is 10.0 Å². The number of nitrogens with zero attached hydrogens (tertiary/aromatic N) is 3. The number of carbonyl (C=O) groups excluding carboxylic acids is 1. The fraction of sp³-hybridized carbons (Fsp3) is 0.431. The van der Waals surface area contributed by atoms with Crippen LogP contribution in [0.4, 0.5) is 17.1 Å². The quantitative estimate of drug-likeness (QED) is 0.0658. The first-order chi connectivity index (χ1) is 31.6. The lowest BCUT2D eigenvalue weighted by atomic mass is 9.48. The Hall–Kier alpha value is -5.41. The van der Waals surface area contributed by atoms with Gasteiger partial charge < -0.3 is 25.0 Å². The molecule has 1 saturated heterocycles. The van der Waals surface area contributed by atoms with Crippen LogP contribution in [0.1, 0.15) is 81.1 Å². The van der Waals surface area contributed by atoms with Crippen molar-refractivity contribution < 1.29 is 28.0 Å². The lowest BCUT2D eigenvalue weighted by Gasteiger charge is -2.59. The zero-order valence-electron chi connectivity index (χ0n) is 37.4. The van der Waals surface area contributed by atoms with Gasteiger partial charge in [0.2, 0.25) is 0 Å². The summed E-state index contributed by atoms with van der Waals surface area (Å²) in [5, 5.41) is 28.0. The third kappa shape index (κ3) is 9.04. The van der Waals surface area contributed by atoms with E-state index >= 15 is 0 Å². The van der Waals surface area contributed by atoms with Gasteiger partial charge in [-0.1, -0.05) is 43.2 Å². The second kappa shape index (κ2) is 17.3. The van der Waals surface area contributed by atoms with Gasteiger partial charge in [-0.3, -0.25) is 19.8 Å². The highest BCUT2D eigenvalue weighted by atomic mass is 35.5. The fourth-order valence-electron chi connectivity index (χ4n) is 12.0. The van der Waals surface area contributed by atoms with Crippen LogP contribution in [0.25, 0.3) is 16.5 Å². The zero-order valence-corrected chi connectivity index (χ0v) is 39.0. The molecular formula is C51H57ClN6O7S. The van der Waals surface area contributed by atoms with Gasteiger partial charge >= 0.3 is 0 Å². The maximum atomic E-state index is 14.1. The Morgan fingerprint density at radius 3 is 2.45 bits per heavy atom. The molecule has 4 bridgehead atoms. The second-order valence-electron chi connectivity index (χ2n) is 20.4. The first-order valence-corrected chi connectivity index (χ1v) is 25.1. The molecule has 15 heteroatoms. The molecule has 66 heavy (non-hydrogen) atoms. The summed E-state index contributed by atoms with van der Waals surface area (Å²) in [7, 11) is -4.57. The van der Waals surface area contributed by atoms with E-state index in [1.165, 1.54) is 28.8 Å². The van der Waals surface area contributed by atoms with Crippen molar-refractivity contribution >= 4 is 61.1 Å². The van der Waals surface area contributed by atoms with E-state index in [4.69, 9.17) is 16.3 Å². The topological polar surface area (TPSA) is 170 Å². The van der Waals surface area contributed by atoms with E-state index in [1.807, 2.05) is 36.5 Å². The standard InChI is InChI=1S/C51H57ClN6O7S/c1-50(2)15-13-35(43(29-50)33-3-5-38(52)6-4-33)30-56-17-19-57(20-18-56)39-7-10-42(47(24-39)65-40-8-11-44-34(23-40)14-16-53-44)49(60)55-66(63,64)41-9-12-45(46(25-41)58(61)62)54-31-51-26-32-21-36(27-51)48(59)37(22-32)28-51/h3-12,14,16,23-25,32,36-37,48,53-54,59H,13,15,17-22,26-31H2,1-2H3,(H,55,60)/t32?,36-,37?,48-,51?/m1/s1. The number of piperazine rings is 1. The first kappa shape index (κ1) is 44.4. The van der Waals surface area contributed by atoms with E-state index < -0.39 is 31.4 Å². The molecule has 0 radical (unpaired) electrons. The lowest BCUT2D eigenvalue weighted by molar-refractivity contribution is -0.384. The second-order valence-corrected chi connectivity index (χ2v) is 22.5. The van der Waals surface area contributed by atoms with Crippen LogP contribution in [0.3, 0.4) is 0 Å². The number of aliphatic hydroxyl groups excluding tert-OH is 1. The normalized spacial score (nSPS) is 25.0. The highest BCUT2D eigenvalue weighted by molar-refractivity contribution is 7.90. The van der Waals surface area contributed by atoms with E-state index in [2.05, 4.69) is 50.8 Å². The number of sulfonamides is 1. The monoisotopic (exact) mass is 932 g/mol. The maximum absolute atomic E-state index is 14.1. The molecule has 0 spiro atoms. The Balaban J connectivity index is 0.860. The largest absolute Gasteiger partial charge is 0.456 e. The minimum absolute atomic E-state index is 0.00880. The van der Waals surface area contributed by atoms with Gasteiger partial charge in [0.15, 0.2) is 0 Å². The van der Waals surface area contributed by atoms with Crippen molar-refractivity contribution in [3.05, 3.63) is 123 Å². The number of benzene rings is 4. The number of aromatic amines is 1. The summed E-state index contributed by atoms with van der Waals surface area (Å²) in [6.07, 6.45) is 9.56. The van der Waals surface area contributed by atoms with Crippen LogP contribution >= 0.6 is 11.6 Å². The Morgan fingerprint density at radius 2 is 1.71 bits per heavy atom. The zero-order chi connectivity index (χ0) is 46.0. The molecule has 1 aliphatic heterocycles. The number of halogens is 1. The SMILES string of the molecule is CC1(C)CCC(CN2CCN(c3ccc(C(=O)NS(=O)(=O)c4ccc(NCC56CC7CC(C5)[C@H](O)[C@H](C7)C6)c([N+](=O)[O-])c4)c(Oc4ccc5[nH]ccc5c4)c3)CC2)=C(c2ccc(Cl)cc2)C1. The van der Waals surface area contributed by atoms with Crippen LogP contribution in [0.2, 0.25) is 5.02 Å². The number of aliphatic hydroxyl groups is 1. The minimum Gasteiger partial charge on any atom is -0.456 e. The predicted molar refractivity (Wildman–Crippen MR) is 258 cm³/mol. The van der Waals surface area contributed by atoms with Gasteiger partial charge in [0.25, 0.3) is 21.6 Å². The molecule has 6 aliphatic rings. The summed E-state index contributed by atoms with van der Waals surface area (Å²) in [6, 6.07) is 24.4. The lowest BCUT2D eigenvalue weighted by Crippen LogP contribution is -2.55. The van der Waals surface area contributed by atoms with Crippen molar-refractivity contribution in [2.24, 2.45) is 28.6 Å². The van der Waals surface area contributed by atoms with Crippen LogP contribution < -0.4 is 19.7 Å². The minimum atomic E-state index is -4.57. The van der Waals surface area contributed by atoms with Gasteiger partial charge in [-0.25, -0.2) is 13.1 Å². The smallest absolute Gasteiger partial charge is 0.293 e. The number of amides is 1. The molecule has 1 aromatic heterocycles. The number of hydrogen-bond donors (Lipinski definition) is 4. The van der Waals surface area contributed by atoms with Crippen molar-refractivity contribution in [2.75, 3.05) is 49.5 Å². The van der Waals surface area contributed by atoms with Gasteiger partial charge in [0, 0.05) is 79.2 Å². The van der Waals surface area contributed by atoms with Crippen molar-refractivity contribution in [1.82, 2.24) is 14.6 Å². The van der Waals surface area contributed by atoms with Crippen LogP contribution in [0.5, 0.6) is 11.5 Å². The van der Waals surface area contributed by atoms with Gasteiger partial charge in [-0.2, -0.15) is 0 Å². The Kier molecular flexibility index (Phi) is 11.7. The Bertz CT molecular complexity index is 2820. The van der Waals surface area contributed by atoms with Crippen molar-refractivity contribution in [3.63, 3.8) is 0 Å². The molecule has 5 fully saturated rings. The first-order valence-electron chi connectivity index (χ1n) is 23.2. The van der Waals surface area contributed by atoms with E-state index in [-0.39, 0.29) is 45.8 Å². The molecule has 13 nitrogen and oxygen atoms in total.